The highest BCUT2D eigenvalue weighted by atomic mass is 19.3. The first kappa shape index (κ1) is 11.9. The highest BCUT2D eigenvalue weighted by Crippen LogP contribution is 2.24. The van der Waals surface area contributed by atoms with Crippen LogP contribution in [-0.4, -0.2) is 25.7 Å². The van der Waals surface area contributed by atoms with Gasteiger partial charge in [0.25, 0.3) is 5.92 Å². The molecule has 0 aromatic heterocycles. The van der Waals surface area contributed by atoms with Crippen molar-refractivity contribution in [2.24, 2.45) is 11.7 Å². The van der Waals surface area contributed by atoms with Crippen molar-refractivity contribution in [2.45, 2.75) is 38.0 Å². The summed E-state index contributed by atoms with van der Waals surface area (Å²) in [6.07, 6.45) is 5.93. The molecule has 1 rings (SSSR count). The SMILES string of the molecule is NCC(F)(F)COCC1CCCCC1. The van der Waals surface area contributed by atoms with Gasteiger partial charge < -0.3 is 10.5 Å². The Morgan fingerprint density at radius 3 is 2.43 bits per heavy atom. The van der Waals surface area contributed by atoms with Gasteiger partial charge in [-0.25, -0.2) is 8.78 Å². The summed E-state index contributed by atoms with van der Waals surface area (Å²) in [6.45, 7) is -0.687. The lowest BCUT2D eigenvalue weighted by molar-refractivity contribution is -0.0776. The minimum absolute atomic E-state index is 0.468. The number of hydrogen-bond donors (Lipinski definition) is 1. The van der Waals surface area contributed by atoms with Crippen LogP contribution >= 0.6 is 0 Å². The summed E-state index contributed by atoms with van der Waals surface area (Å²) in [5.41, 5.74) is 4.90. The van der Waals surface area contributed by atoms with E-state index in [1.807, 2.05) is 0 Å². The Kier molecular flexibility index (Phi) is 4.75. The van der Waals surface area contributed by atoms with Crippen LogP contribution in [0.4, 0.5) is 8.78 Å². The molecule has 1 aliphatic rings. The van der Waals surface area contributed by atoms with E-state index in [0.29, 0.717) is 12.5 Å². The van der Waals surface area contributed by atoms with Gasteiger partial charge in [-0.15, -0.1) is 0 Å². The second-order valence-corrected chi connectivity index (χ2v) is 4.08. The molecule has 14 heavy (non-hydrogen) atoms. The van der Waals surface area contributed by atoms with Crippen molar-refractivity contribution in [1.29, 1.82) is 0 Å². The Labute approximate surface area is 83.8 Å². The lowest BCUT2D eigenvalue weighted by atomic mass is 9.90. The van der Waals surface area contributed by atoms with Crippen LogP contribution in [-0.2, 0) is 4.74 Å². The van der Waals surface area contributed by atoms with E-state index in [9.17, 15) is 8.78 Å². The molecule has 0 radical (unpaired) electrons. The monoisotopic (exact) mass is 207 g/mol. The lowest BCUT2D eigenvalue weighted by Gasteiger charge is -2.22. The summed E-state index contributed by atoms with van der Waals surface area (Å²) in [4.78, 5) is 0. The average molecular weight is 207 g/mol. The molecule has 84 valence electrons. The van der Waals surface area contributed by atoms with Crippen LogP contribution in [0.15, 0.2) is 0 Å². The minimum atomic E-state index is -2.85. The van der Waals surface area contributed by atoms with Gasteiger partial charge >= 0.3 is 0 Å². The zero-order valence-electron chi connectivity index (χ0n) is 8.48. The number of alkyl halides is 2. The molecule has 0 amide bonds. The van der Waals surface area contributed by atoms with Gasteiger partial charge in [0.15, 0.2) is 0 Å². The Balaban J connectivity index is 2.08. The van der Waals surface area contributed by atoms with E-state index in [2.05, 4.69) is 0 Å². The van der Waals surface area contributed by atoms with Crippen LogP contribution in [0.5, 0.6) is 0 Å². The van der Waals surface area contributed by atoms with Gasteiger partial charge in [-0.3, -0.25) is 0 Å². The molecule has 1 fully saturated rings. The van der Waals surface area contributed by atoms with Crippen LogP contribution in [0.25, 0.3) is 0 Å². The zero-order chi connectivity index (χ0) is 10.4. The topological polar surface area (TPSA) is 35.2 Å². The normalized spacial score (nSPS) is 19.9. The fourth-order valence-electron chi connectivity index (χ4n) is 1.79. The van der Waals surface area contributed by atoms with Gasteiger partial charge in [0, 0.05) is 6.61 Å². The van der Waals surface area contributed by atoms with Crippen molar-refractivity contribution >= 4 is 0 Å². The van der Waals surface area contributed by atoms with E-state index >= 15 is 0 Å². The molecule has 0 aliphatic heterocycles. The summed E-state index contributed by atoms with van der Waals surface area (Å²) in [5.74, 6) is -2.37. The molecule has 0 saturated heterocycles. The smallest absolute Gasteiger partial charge is 0.282 e. The molecule has 1 saturated carbocycles. The second-order valence-electron chi connectivity index (χ2n) is 4.08. The van der Waals surface area contributed by atoms with Crippen molar-refractivity contribution in [3.63, 3.8) is 0 Å². The van der Waals surface area contributed by atoms with Crippen LogP contribution in [0.1, 0.15) is 32.1 Å². The maximum Gasteiger partial charge on any atom is 0.282 e. The standard InChI is InChI=1S/C10H19F2NO/c11-10(12,7-13)8-14-6-9-4-2-1-3-5-9/h9H,1-8,13H2. The Hall–Kier alpha value is -0.220. The predicted octanol–water partition coefficient (Wildman–Crippen LogP) is 2.18. The van der Waals surface area contributed by atoms with Crippen molar-refractivity contribution in [2.75, 3.05) is 19.8 Å². The van der Waals surface area contributed by atoms with Gasteiger partial charge in [0.1, 0.15) is 6.61 Å². The third-order valence-electron chi connectivity index (χ3n) is 2.69. The molecule has 0 aromatic carbocycles. The number of nitrogens with two attached hydrogens (primary N) is 1. The predicted molar refractivity (Wildman–Crippen MR) is 51.4 cm³/mol. The quantitative estimate of drug-likeness (QED) is 0.750. The minimum Gasteiger partial charge on any atom is -0.375 e. The summed E-state index contributed by atoms with van der Waals surface area (Å²) in [7, 11) is 0. The molecular formula is C10H19F2NO. The van der Waals surface area contributed by atoms with E-state index in [1.165, 1.54) is 19.3 Å². The van der Waals surface area contributed by atoms with Crippen molar-refractivity contribution in [1.82, 2.24) is 0 Å². The van der Waals surface area contributed by atoms with Crippen LogP contribution in [0.2, 0.25) is 0 Å². The molecule has 2 N–H and O–H groups in total. The fraction of sp³-hybridized carbons (Fsp3) is 1.00. The van der Waals surface area contributed by atoms with Gasteiger partial charge in [0.2, 0.25) is 0 Å². The first-order valence-electron chi connectivity index (χ1n) is 5.30. The molecule has 4 heteroatoms. The van der Waals surface area contributed by atoms with E-state index in [-0.39, 0.29) is 0 Å². The van der Waals surface area contributed by atoms with Crippen LogP contribution in [0.3, 0.4) is 0 Å². The van der Waals surface area contributed by atoms with Gasteiger partial charge in [0.05, 0.1) is 6.54 Å². The molecular weight excluding hydrogens is 188 g/mol. The van der Waals surface area contributed by atoms with Gasteiger partial charge in [-0.05, 0) is 18.8 Å². The maximum atomic E-state index is 12.7. The van der Waals surface area contributed by atoms with Crippen LogP contribution < -0.4 is 5.73 Å². The highest BCUT2D eigenvalue weighted by Gasteiger charge is 2.27. The van der Waals surface area contributed by atoms with Gasteiger partial charge in [-0.2, -0.15) is 0 Å². The van der Waals surface area contributed by atoms with Crippen molar-refractivity contribution in [3.05, 3.63) is 0 Å². The van der Waals surface area contributed by atoms with Gasteiger partial charge in [-0.1, -0.05) is 19.3 Å². The molecule has 0 bridgehead atoms. The average Bonchev–Trinajstić information content (AvgIpc) is 2.19. The first-order valence-corrected chi connectivity index (χ1v) is 5.30. The summed E-state index contributed by atoms with van der Waals surface area (Å²) in [6, 6.07) is 0. The third-order valence-corrected chi connectivity index (χ3v) is 2.69. The molecule has 0 unspecified atom stereocenters. The molecule has 2 nitrogen and oxygen atoms in total. The summed E-state index contributed by atoms with van der Waals surface area (Å²) < 4.78 is 30.3. The molecule has 1 aliphatic carbocycles. The number of ether oxygens (including phenoxy) is 1. The highest BCUT2D eigenvalue weighted by molar-refractivity contribution is 4.68. The van der Waals surface area contributed by atoms with Crippen LogP contribution in [0, 0.1) is 5.92 Å². The van der Waals surface area contributed by atoms with Crippen molar-refractivity contribution in [3.8, 4) is 0 Å². The Morgan fingerprint density at radius 1 is 1.21 bits per heavy atom. The third kappa shape index (κ3) is 4.33. The molecule has 0 spiro atoms. The number of halogens is 2. The molecule has 0 aromatic rings. The zero-order valence-corrected chi connectivity index (χ0v) is 8.48. The molecule has 0 atom stereocenters. The lowest BCUT2D eigenvalue weighted by Crippen LogP contribution is -2.33. The van der Waals surface area contributed by atoms with E-state index in [1.54, 1.807) is 0 Å². The first-order chi connectivity index (χ1) is 6.64. The Bertz CT molecular complexity index is 158. The Morgan fingerprint density at radius 2 is 1.86 bits per heavy atom. The van der Waals surface area contributed by atoms with Crippen molar-refractivity contribution < 1.29 is 13.5 Å². The van der Waals surface area contributed by atoms with E-state index < -0.39 is 19.1 Å². The van der Waals surface area contributed by atoms with E-state index in [0.717, 1.165) is 12.8 Å². The van der Waals surface area contributed by atoms with E-state index in [4.69, 9.17) is 10.5 Å². The largest absolute Gasteiger partial charge is 0.375 e. The fourth-order valence-corrected chi connectivity index (χ4v) is 1.79. The number of hydrogen-bond acceptors (Lipinski definition) is 2. The number of rotatable bonds is 5. The second kappa shape index (κ2) is 5.61. The molecule has 0 heterocycles. The summed E-state index contributed by atoms with van der Waals surface area (Å²) in [5, 5.41) is 0. The summed E-state index contributed by atoms with van der Waals surface area (Å²) >= 11 is 0. The maximum absolute atomic E-state index is 12.7.